The van der Waals surface area contributed by atoms with E-state index in [0.29, 0.717) is 5.75 Å². The summed E-state index contributed by atoms with van der Waals surface area (Å²) < 4.78 is 17.4. The highest BCUT2D eigenvalue weighted by Gasteiger charge is 2.17. The fraction of sp³-hybridized carbons (Fsp3) is 0.300. The fourth-order valence-electron chi connectivity index (χ4n) is 1.22. The van der Waals surface area contributed by atoms with E-state index in [1.807, 2.05) is 0 Å². The maximum absolute atomic E-state index is 12.5. The molecule has 0 radical (unpaired) electrons. The zero-order valence-corrected chi connectivity index (χ0v) is 8.11. The molecular weight excluding hydrogens is 203 g/mol. The number of aliphatic hydroxyl groups is 1. The van der Waals surface area contributed by atoms with Gasteiger partial charge in [-0.3, -0.25) is 0 Å². The highest BCUT2D eigenvalue weighted by Crippen LogP contribution is 2.24. The second kappa shape index (κ2) is 4.75. The summed E-state index contributed by atoms with van der Waals surface area (Å²) in [5.74, 6) is -1.04. The van der Waals surface area contributed by atoms with E-state index in [4.69, 9.17) is 9.84 Å². The molecule has 4 nitrogen and oxygen atoms in total. The molecule has 0 amide bonds. The molecule has 0 aromatic heterocycles. The summed E-state index contributed by atoms with van der Waals surface area (Å²) in [6, 6.07) is 4.09. The number of hydrogen-bond donors (Lipinski definition) is 2. The Bertz CT molecular complexity index is 364. The molecule has 0 bridgehead atoms. The molecule has 0 aliphatic heterocycles. The summed E-state index contributed by atoms with van der Waals surface area (Å²) in [5.41, 5.74) is 0.353. The summed E-state index contributed by atoms with van der Waals surface area (Å²) in [5, 5.41) is 17.8. The lowest BCUT2D eigenvalue weighted by Crippen LogP contribution is -2.10. The van der Waals surface area contributed by atoms with Crippen molar-refractivity contribution in [2.75, 3.05) is 7.11 Å². The number of alkyl halides is 1. The van der Waals surface area contributed by atoms with E-state index in [9.17, 15) is 14.3 Å². The Kier molecular flexibility index (Phi) is 3.62. The van der Waals surface area contributed by atoms with E-state index < -0.39 is 18.7 Å². The van der Waals surface area contributed by atoms with Gasteiger partial charge in [-0.05, 0) is 17.7 Å². The third kappa shape index (κ3) is 2.44. The van der Waals surface area contributed by atoms with Gasteiger partial charge in [0.25, 0.3) is 0 Å². The number of rotatable bonds is 4. The van der Waals surface area contributed by atoms with Gasteiger partial charge in [0.15, 0.2) is 6.10 Å². The number of aliphatic carboxylic acids is 1. The molecule has 1 unspecified atom stereocenters. The Hall–Kier alpha value is -1.62. The number of hydrogen-bond acceptors (Lipinski definition) is 3. The van der Waals surface area contributed by atoms with E-state index in [0.717, 1.165) is 0 Å². The monoisotopic (exact) mass is 214 g/mol. The van der Waals surface area contributed by atoms with Crippen molar-refractivity contribution >= 4 is 5.97 Å². The van der Waals surface area contributed by atoms with Gasteiger partial charge in [0.2, 0.25) is 0 Å². The Morgan fingerprint density at radius 3 is 2.73 bits per heavy atom. The Balaban J connectivity index is 3.07. The van der Waals surface area contributed by atoms with Gasteiger partial charge < -0.3 is 14.9 Å². The van der Waals surface area contributed by atoms with Crippen molar-refractivity contribution < 1.29 is 24.1 Å². The third-order valence-corrected chi connectivity index (χ3v) is 2.00. The summed E-state index contributed by atoms with van der Waals surface area (Å²) in [4.78, 5) is 10.5. The molecule has 1 atom stereocenters. The summed E-state index contributed by atoms with van der Waals surface area (Å²) in [6.07, 6.45) is -1.64. The van der Waals surface area contributed by atoms with Crippen LogP contribution in [0.4, 0.5) is 4.39 Å². The molecule has 0 saturated heterocycles. The lowest BCUT2D eigenvalue weighted by atomic mass is 10.1. The number of methoxy groups -OCH3 is 1. The van der Waals surface area contributed by atoms with Crippen molar-refractivity contribution in [3.8, 4) is 5.75 Å². The maximum atomic E-state index is 12.5. The molecule has 5 heteroatoms. The van der Waals surface area contributed by atoms with Gasteiger partial charge >= 0.3 is 5.97 Å². The average molecular weight is 214 g/mol. The lowest BCUT2D eigenvalue weighted by Gasteiger charge is -2.10. The van der Waals surface area contributed by atoms with Gasteiger partial charge in [-0.15, -0.1) is 0 Å². The van der Waals surface area contributed by atoms with Crippen molar-refractivity contribution in [1.29, 1.82) is 0 Å². The van der Waals surface area contributed by atoms with E-state index in [-0.39, 0.29) is 11.1 Å². The molecule has 1 aromatic rings. The number of ether oxygens (including phenoxy) is 1. The molecule has 0 aliphatic rings. The number of halogens is 1. The summed E-state index contributed by atoms with van der Waals surface area (Å²) in [7, 11) is 1.39. The first kappa shape index (κ1) is 11.5. The second-order valence-corrected chi connectivity index (χ2v) is 2.95. The number of carboxylic acids is 1. The fourth-order valence-corrected chi connectivity index (χ4v) is 1.22. The van der Waals surface area contributed by atoms with Crippen LogP contribution in [0.15, 0.2) is 18.2 Å². The number of aliphatic hydroxyl groups excluding tert-OH is 1. The van der Waals surface area contributed by atoms with Crippen LogP contribution in [0.3, 0.4) is 0 Å². The van der Waals surface area contributed by atoms with Crippen molar-refractivity contribution in [1.82, 2.24) is 0 Å². The molecule has 0 fully saturated rings. The smallest absolute Gasteiger partial charge is 0.337 e. The molecule has 15 heavy (non-hydrogen) atoms. The maximum Gasteiger partial charge on any atom is 0.337 e. The van der Waals surface area contributed by atoms with Crippen LogP contribution in [0, 0.1) is 0 Å². The van der Waals surface area contributed by atoms with Crippen LogP contribution in [0.5, 0.6) is 5.75 Å². The lowest BCUT2D eigenvalue weighted by molar-refractivity contribution is -0.146. The topological polar surface area (TPSA) is 66.8 Å². The minimum absolute atomic E-state index is 0.135. The Morgan fingerprint density at radius 2 is 2.27 bits per heavy atom. The second-order valence-electron chi connectivity index (χ2n) is 2.95. The van der Waals surface area contributed by atoms with E-state index in [1.165, 1.54) is 25.3 Å². The Labute approximate surface area is 85.9 Å². The van der Waals surface area contributed by atoms with Gasteiger partial charge in [-0.2, -0.15) is 0 Å². The summed E-state index contributed by atoms with van der Waals surface area (Å²) >= 11 is 0. The zero-order chi connectivity index (χ0) is 11.4. The molecule has 0 spiro atoms. The van der Waals surface area contributed by atoms with E-state index in [1.54, 1.807) is 0 Å². The zero-order valence-electron chi connectivity index (χ0n) is 8.11. The first-order valence-electron chi connectivity index (χ1n) is 4.23. The number of carboxylic acid groups (broad SMARTS) is 1. The van der Waals surface area contributed by atoms with Crippen LogP contribution >= 0.6 is 0 Å². The highest BCUT2D eigenvalue weighted by atomic mass is 19.1. The van der Waals surface area contributed by atoms with Crippen LogP contribution in [-0.2, 0) is 11.5 Å². The van der Waals surface area contributed by atoms with E-state index in [2.05, 4.69) is 0 Å². The average Bonchev–Trinajstić information content (AvgIpc) is 2.26. The first-order chi connectivity index (χ1) is 7.10. The molecule has 0 heterocycles. The third-order valence-electron chi connectivity index (χ3n) is 2.00. The molecule has 1 aromatic carbocycles. The SMILES string of the molecule is COc1ccc(C(O)C(=O)O)cc1CF. The molecule has 1 rings (SSSR count). The van der Waals surface area contributed by atoms with Crippen molar-refractivity contribution in [2.24, 2.45) is 0 Å². The molecular formula is C10H11FO4. The van der Waals surface area contributed by atoms with Crippen LogP contribution < -0.4 is 4.74 Å². The van der Waals surface area contributed by atoms with Crippen molar-refractivity contribution in [2.45, 2.75) is 12.8 Å². The molecule has 82 valence electrons. The Morgan fingerprint density at radius 1 is 1.60 bits per heavy atom. The predicted octanol–water partition coefficient (Wildman–Crippen LogP) is 1.28. The molecule has 0 aliphatic carbocycles. The minimum Gasteiger partial charge on any atom is -0.496 e. The van der Waals surface area contributed by atoms with E-state index >= 15 is 0 Å². The predicted molar refractivity (Wildman–Crippen MR) is 50.4 cm³/mol. The summed E-state index contributed by atoms with van der Waals surface area (Å²) in [6.45, 7) is -0.774. The minimum atomic E-state index is -1.64. The quantitative estimate of drug-likeness (QED) is 0.792. The first-order valence-corrected chi connectivity index (χ1v) is 4.23. The number of benzene rings is 1. The molecule has 2 N–H and O–H groups in total. The van der Waals surface area contributed by atoms with Crippen LogP contribution in [0.25, 0.3) is 0 Å². The standard InChI is InChI=1S/C10H11FO4/c1-15-8-3-2-6(4-7(8)5-11)9(12)10(13)14/h2-4,9,12H,5H2,1H3,(H,13,14). The van der Waals surface area contributed by atoms with Gasteiger partial charge in [0.1, 0.15) is 12.4 Å². The highest BCUT2D eigenvalue weighted by molar-refractivity contribution is 5.74. The normalized spacial score (nSPS) is 12.2. The van der Waals surface area contributed by atoms with Crippen LogP contribution in [0.2, 0.25) is 0 Å². The van der Waals surface area contributed by atoms with Gasteiger partial charge in [-0.25, -0.2) is 9.18 Å². The van der Waals surface area contributed by atoms with Crippen molar-refractivity contribution in [3.63, 3.8) is 0 Å². The van der Waals surface area contributed by atoms with Crippen molar-refractivity contribution in [3.05, 3.63) is 29.3 Å². The largest absolute Gasteiger partial charge is 0.496 e. The number of carbonyl (C=O) groups is 1. The van der Waals surface area contributed by atoms with Gasteiger partial charge in [0.05, 0.1) is 7.11 Å². The van der Waals surface area contributed by atoms with Gasteiger partial charge in [-0.1, -0.05) is 6.07 Å². The van der Waals surface area contributed by atoms with Crippen LogP contribution in [0.1, 0.15) is 17.2 Å². The van der Waals surface area contributed by atoms with Crippen LogP contribution in [-0.4, -0.2) is 23.3 Å². The van der Waals surface area contributed by atoms with Gasteiger partial charge in [0, 0.05) is 5.56 Å². The molecule has 0 saturated carbocycles.